The van der Waals surface area contributed by atoms with Crippen molar-refractivity contribution in [2.24, 2.45) is 0 Å². The Morgan fingerprint density at radius 3 is 2.73 bits per heavy atom. The molecule has 0 fully saturated rings. The van der Waals surface area contributed by atoms with E-state index in [-0.39, 0.29) is 12.5 Å². The number of nitrogens with zero attached hydrogens (tertiary/aromatic N) is 2. The molecule has 0 atom stereocenters. The molecule has 7 nitrogen and oxygen atoms in total. The fourth-order valence-corrected chi connectivity index (χ4v) is 2.04. The Bertz CT molecular complexity index is 681. The molecule has 2 rings (SSSR count). The van der Waals surface area contributed by atoms with Gasteiger partial charge < -0.3 is 20.3 Å². The number of carboxylic acid groups (broad SMARTS) is 1. The number of hydrogen-bond acceptors (Lipinski definition) is 4. The van der Waals surface area contributed by atoms with E-state index >= 15 is 0 Å². The van der Waals surface area contributed by atoms with Crippen LogP contribution in [0, 0.1) is 6.92 Å². The summed E-state index contributed by atoms with van der Waals surface area (Å²) in [6.45, 7) is 1.99. The minimum absolute atomic E-state index is 0.206. The number of imidazole rings is 1. The number of aliphatic carboxylic acids is 1. The molecule has 116 valence electrons. The van der Waals surface area contributed by atoms with Crippen molar-refractivity contribution in [3.63, 3.8) is 0 Å². The van der Waals surface area contributed by atoms with E-state index in [4.69, 9.17) is 5.11 Å². The molecule has 0 spiro atoms. The maximum Gasteiger partial charge on any atom is 0.322 e. The van der Waals surface area contributed by atoms with E-state index in [0.29, 0.717) is 23.6 Å². The van der Waals surface area contributed by atoms with Crippen molar-refractivity contribution in [1.82, 2.24) is 14.9 Å². The molecule has 3 N–H and O–H groups in total. The topological polar surface area (TPSA) is 98.3 Å². The third-order valence-electron chi connectivity index (χ3n) is 3.08. The number of aryl methyl sites for hydroxylation is 1. The van der Waals surface area contributed by atoms with Crippen LogP contribution in [0.5, 0.6) is 0 Å². The van der Waals surface area contributed by atoms with Crippen LogP contribution >= 0.6 is 0 Å². The number of amides is 1. The van der Waals surface area contributed by atoms with Gasteiger partial charge in [0.05, 0.1) is 12.1 Å². The minimum atomic E-state index is -0.985. The molecule has 0 saturated carbocycles. The summed E-state index contributed by atoms with van der Waals surface area (Å²) in [6, 6.07) is 6.83. The number of carbonyl (C=O) groups is 2. The molecule has 7 heteroatoms. The van der Waals surface area contributed by atoms with E-state index in [9.17, 15) is 9.59 Å². The van der Waals surface area contributed by atoms with Crippen molar-refractivity contribution < 1.29 is 14.7 Å². The largest absolute Gasteiger partial charge is 0.480 e. The zero-order valence-corrected chi connectivity index (χ0v) is 12.5. The van der Waals surface area contributed by atoms with Crippen LogP contribution in [0.3, 0.4) is 0 Å². The SMILES string of the molecule is Cc1cnc(CN(C)C(=O)c2ccccc2NCC(=O)O)[nH]1. The number of H-pyrrole nitrogens is 1. The summed E-state index contributed by atoms with van der Waals surface area (Å²) in [7, 11) is 1.67. The molecular formula is C15H18N4O3. The number of carbonyl (C=O) groups excluding carboxylic acids is 1. The lowest BCUT2D eigenvalue weighted by molar-refractivity contribution is -0.134. The number of aromatic nitrogens is 2. The summed E-state index contributed by atoms with van der Waals surface area (Å²) in [4.78, 5) is 31.9. The fraction of sp³-hybridized carbons (Fsp3) is 0.267. The normalized spacial score (nSPS) is 10.3. The summed E-state index contributed by atoms with van der Waals surface area (Å²) in [5, 5.41) is 11.5. The first-order valence-electron chi connectivity index (χ1n) is 6.78. The van der Waals surface area contributed by atoms with Crippen molar-refractivity contribution >= 4 is 17.6 Å². The quantitative estimate of drug-likeness (QED) is 0.751. The van der Waals surface area contributed by atoms with Gasteiger partial charge in [-0.2, -0.15) is 0 Å². The zero-order valence-electron chi connectivity index (χ0n) is 12.5. The molecule has 0 aliphatic heterocycles. The highest BCUT2D eigenvalue weighted by molar-refractivity contribution is 5.99. The maximum absolute atomic E-state index is 12.5. The Hall–Kier alpha value is -2.83. The van der Waals surface area contributed by atoms with Gasteiger partial charge in [0.2, 0.25) is 0 Å². The molecule has 2 aromatic rings. The van der Waals surface area contributed by atoms with Crippen LogP contribution in [0.4, 0.5) is 5.69 Å². The maximum atomic E-state index is 12.5. The van der Waals surface area contributed by atoms with Crippen molar-refractivity contribution in [3.8, 4) is 0 Å². The van der Waals surface area contributed by atoms with Crippen LogP contribution < -0.4 is 5.32 Å². The first-order valence-corrected chi connectivity index (χ1v) is 6.78. The average Bonchev–Trinajstić information content (AvgIpc) is 2.89. The standard InChI is InChI=1S/C15H18N4O3/c1-10-7-17-13(18-10)9-19(2)15(22)11-5-3-4-6-12(11)16-8-14(20)21/h3-7,16H,8-9H2,1-2H3,(H,17,18)(H,20,21). The van der Waals surface area contributed by atoms with Gasteiger partial charge in [-0.15, -0.1) is 0 Å². The van der Waals surface area contributed by atoms with Gasteiger partial charge >= 0.3 is 5.97 Å². The zero-order chi connectivity index (χ0) is 16.1. The van der Waals surface area contributed by atoms with E-state index in [2.05, 4.69) is 15.3 Å². The second kappa shape index (κ2) is 6.75. The molecule has 0 unspecified atom stereocenters. The molecule has 0 aliphatic rings. The third kappa shape index (κ3) is 3.85. The van der Waals surface area contributed by atoms with E-state index in [0.717, 1.165) is 5.69 Å². The molecule has 0 radical (unpaired) electrons. The van der Waals surface area contributed by atoms with Crippen LogP contribution in [0.1, 0.15) is 21.9 Å². The molecule has 1 amide bonds. The van der Waals surface area contributed by atoms with Crippen LogP contribution in [-0.4, -0.2) is 45.4 Å². The number of aromatic amines is 1. The van der Waals surface area contributed by atoms with Crippen molar-refractivity contribution in [2.45, 2.75) is 13.5 Å². The number of benzene rings is 1. The second-order valence-corrected chi connectivity index (χ2v) is 4.97. The van der Waals surface area contributed by atoms with Crippen LogP contribution in [-0.2, 0) is 11.3 Å². The fourth-order valence-electron chi connectivity index (χ4n) is 2.04. The third-order valence-corrected chi connectivity index (χ3v) is 3.08. The molecule has 1 aromatic heterocycles. The molecule has 1 heterocycles. The van der Waals surface area contributed by atoms with Crippen molar-refractivity contribution in [1.29, 1.82) is 0 Å². The molecular weight excluding hydrogens is 284 g/mol. The second-order valence-electron chi connectivity index (χ2n) is 4.97. The summed E-state index contributed by atoms with van der Waals surface area (Å²) in [6.07, 6.45) is 1.70. The molecule has 0 saturated heterocycles. The summed E-state index contributed by atoms with van der Waals surface area (Å²) in [5.74, 6) is -0.492. The Morgan fingerprint density at radius 2 is 2.09 bits per heavy atom. The van der Waals surface area contributed by atoms with Gasteiger partial charge in [-0.1, -0.05) is 12.1 Å². The lowest BCUT2D eigenvalue weighted by atomic mass is 10.1. The summed E-state index contributed by atoms with van der Waals surface area (Å²) < 4.78 is 0. The van der Waals surface area contributed by atoms with Gasteiger partial charge in [-0.25, -0.2) is 4.98 Å². The van der Waals surface area contributed by atoms with Crippen molar-refractivity contribution in [2.75, 3.05) is 18.9 Å². The van der Waals surface area contributed by atoms with Gasteiger partial charge in [-0.3, -0.25) is 9.59 Å². The molecule has 1 aromatic carbocycles. The van der Waals surface area contributed by atoms with E-state index in [1.165, 1.54) is 4.90 Å². The van der Waals surface area contributed by atoms with Gasteiger partial charge in [-0.05, 0) is 19.1 Å². The predicted molar refractivity (Wildman–Crippen MR) is 81.7 cm³/mol. The number of hydrogen-bond donors (Lipinski definition) is 3. The lowest BCUT2D eigenvalue weighted by Gasteiger charge is -2.18. The lowest BCUT2D eigenvalue weighted by Crippen LogP contribution is -2.28. The highest BCUT2D eigenvalue weighted by Crippen LogP contribution is 2.17. The predicted octanol–water partition coefficient (Wildman–Crippen LogP) is 1.49. The van der Waals surface area contributed by atoms with Gasteiger partial charge in [0.15, 0.2) is 0 Å². The monoisotopic (exact) mass is 302 g/mol. The first-order chi connectivity index (χ1) is 10.5. The van der Waals surface area contributed by atoms with Crippen LogP contribution in [0.2, 0.25) is 0 Å². The number of para-hydroxylation sites is 1. The number of anilines is 1. The van der Waals surface area contributed by atoms with Gasteiger partial charge in [0.25, 0.3) is 5.91 Å². The number of carboxylic acids is 1. The Morgan fingerprint density at radius 1 is 1.36 bits per heavy atom. The summed E-state index contributed by atoms with van der Waals surface area (Å²) >= 11 is 0. The number of nitrogens with one attached hydrogen (secondary N) is 2. The van der Waals surface area contributed by atoms with E-state index in [1.807, 2.05) is 6.92 Å². The van der Waals surface area contributed by atoms with Gasteiger partial charge in [0.1, 0.15) is 12.4 Å². The van der Waals surface area contributed by atoms with Crippen LogP contribution in [0.25, 0.3) is 0 Å². The highest BCUT2D eigenvalue weighted by atomic mass is 16.4. The van der Waals surface area contributed by atoms with E-state index < -0.39 is 5.97 Å². The molecule has 22 heavy (non-hydrogen) atoms. The Labute approximate surface area is 128 Å². The van der Waals surface area contributed by atoms with E-state index in [1.54, 1.807) is 37.5 Å². The van der Waals surface area contributed by atoms with Crippen LogP contribution in [0.15, 0.2) is 30.5 Å². The molecule has 0 aliphatic carbocycles. The number of rotatable bonds is 6. The smallest absolute Gasteiger partial charge is 0.322 e. The summed E-state index contributed by atoms with van der Waals surface area (Å²) in [5.41, 5.74) is 1.85. The average molecular weight is 302 g/mol. The highest BCUT2D eigenvalue weighted by Gasteiger charge is 2.17. The molecule has 0 bridgehead atoms. The Kier molecular flexibility index (Phi) is 4.77. The van der Waals surface area contributed by atoms with Crippen molar-refractivity contribution in [3.05, 3.63) is 47.5 Å². The Balaban J connectivity index is 2.12. The minimum Gasteiger partial charge on any atom is -0.480 e. The first kappa shape index (κ1) is 15.6. The van der Waals surface area contributed by atoms with Gasteiger partial charge in [0, 0.05) is 24.6 Å².